The second-order valence-corrected chi connectivity index (χ2v) is 6.93. The van der Waals surface area contributed by atoms with Gasteiger partial charge in [0.2, 0.25) is 0 Å². The molecule has 1 amide bonds. The van der Waals surface area contributed by atoms with Crippen LogP contribution in [0.5, 0.6) is 5.75 Å². The van der Waals surface area contributed by atoms with E-state index in [1.807, 2.05) is 56.3 Å². The van der Waals surface area contributed by atoms with E-state index >= 15 is 0 Å². The number of nitrogens with one attached hydrogen (secondary N) is 1. The van der Waals surface area contributed by atoms with Crippen molar-refractivity contribution in [2.45, 2.75) is 40.0 Å². The van der Waals surface area contributed by atoms with E-state index in [2.05, 4.69) is 26.1 Å². The quantitative estimate of drug-likeness (QED) is 0.895. The fourth-order valence-corrected chi connectivity index (χ4v) is 2.26. The van der Waals surface area contributed by atoms with Crippen LogP contribution in [-0.4, -0.2) is 12.5 Å². The summed E-state index contributed by atoms with van der Waals surface area (Å²) < 4.78 is 5.57. The Hall–Kier alpha value is -2.29. The Morgan fingerprint density at radius 2 is 1.70 bits per heavy atom. The van der Waals surface area contributed by atoms with Gasteiger partial charge in [0.25, 0.3) is 5.91 Å². The Balaban J connectivity index is 1.93. The normalized spacial score (nSPS) is 11.2. The lowest BCUT2D eigenvalue weighted by molar-refractivity contribution is -0.118. The Morgan fingerprint density at radius 3 is 2.30 bits per heavy atom. The molecule has 0 aromatic heterocycles. The molecule has 2 aromatic rings. The van der Waals surface area contributed by atoms with E-state index in [1.165, 1.54) is 5.56 Å². The minimum absolute atomic E-state index is 0.00223. The molecule has 0 fully saturated rings. The van der Waals surface area contributed by atoms with Crippen LogP contribution in [0, 0.1) is 13.8 Å². The Bertz CT molecular complexity index is 682. The second-order valence-electron chi connectivity index (χ2n) is 6.93. The Morgan fingerprint density at radius 1 is 1.04 bits per heavy atom. The van der Waals surface area contributed by atoms with Gasteiger partial charge >= 0.3 is 0 Å². The highest BCUT2D eigenvalue weighted by atomic mass is 16.5. The maximum absolute atomic E-state index is 12.0. The van der Waals surface area contributed by atoms with Gasteiger partial charge in [-0.1, -0.05) is 45.0 Å². The first kappa shape index (κ1) is 17.1. The highest BCUT2D eigenvalue weighted by molar-refractivity contribution is 5.92. The smallest absolute Gasteiger partial charge is 0.262 e. The molecule has 0 unspecified atom stereocenters. The standard InChI is InChI=1S/C20H25NO2/c1-14-6-7-15(2)18(12-14)21-19(22)13-23-17-10-8-16(9-11-17)20(3,4)5/h6-12H,13H2,1-5H3,(H,21,22). The maximum Gasteiger partial charge on any atom is 0.262 e. The van der Waals surface area contributed by atoms with Gasteiger partial charge in [0.1, 0.15) is 5.75 Å². The van der Waals surface area contributed by atoms with Crippen LogP contribution in [0.4, 0.5) is 5.69 Å². The predicted molar refractivity (Wildman–Crippen MR) is 95.2 cm³/mol. The van der Waals surface area contributed by atoms with Crippen molar-refractivity contribution in [3.05, 3.63) is 59.2 Å². The van der Waals surface area contributed by atoms with Gasteiger partial charge in [0, 0.05) is 5.69 Å². The van der Waals surface area contributed by atoms with Crippen LogP contribution in [0.15, 0.2) is 42.5 Å². The summed E-state index contributed by atoms with van der Waals surface area (Å²) in [5, 5.41) is 2.89. The third-order valence-electron chi connectivity index (χ3n) is 3.76. The number of carbonyl (C=O) groups is 1. The number of anilines is 1. The highest BCUT2D eigenvalue weighted by Gasteiger charge is 2.13. The second kappa shape index (κ2) is 6.86. The van der Waals surface area contributed by atoms with Crippen LogP contribution < -0.4 is 10.1 Å². The van der Waals surface area contributed by atoms with Crippen LogP contribution in [0.1, 0.15) is 37.5 Å². The average Bonchev–Trinajstić information content (AvgIpc) is 2.48. The van der Waals surface area contributed by atoms with Gasteiger partial charge < -0.3 is 10.1 Å². The van der Waals surface area contributed by atoms with Gasteiger partial charge in [-0.3, -0.25) is 4.79 Å². The van der Waals surface area contributed by atoms with E-state index in [1.54, 1.807) is 0 Å². The zero-order valence-electron chi connectivity index (χ0n) is 14.6. The monoisotopic (exact) mass is 311 g/mol. The van der Waals surface area contributed by atoms with E-state index in [0.29, 0.717) is 5.75 Å². The number of hydrogen-bond donors (Lipinski definition) is 1. The van der Waals surface area contributed by atoms with E-state index in [-0.39, 0.29) is 17.9 Å². The van der Waals surface area contributed by atoms with E-state index in [0.717, 1.165) is 16.8 Å². The summed E-state index contributed by atoms with van der Waals surface area (Å²) in [7, 11) is 0. The molecule has 0 saturated carbocycles. The molecule has 0 aliphatic rings. The number of benzene rings is 2. The van der Waals surface area contributed by atoms with Gasteiger partial charge in [-0.05, 0) is 54.2 Å². The maximum atomic E-state index is 12.0. The van der Waals surface area contributed by atoms with Gasteiger partial charge in [0.15, 0.2) is 6.61 Å². The zero-order valence-corrected chi connectivity index (χ0v) is 14.6. The lowest BCUT2D eigenvalue weighted by Crippen LogP contribution is -2.20. The van der Waals surface area contributed by atoms with Crippen LogP contribution in [0.25, 0.3) is 0 Å². The first-order valence-corrected chi connectivity index (χ1v) is 7.86. The van der Waals surface area contributed by atoms with Crippen LogP contribution in [0.2, 0.25) is 0 Å². The summed E-state index contributed by atoms with van der Waals surface area (Å²) in [5.41, 5.74) is 4.34. The first-order chi connectivity index (χ1) is 10.8. The number of carbonyl (C=O) groups excluding carboxylic acids is 1. The largest absolute Gasteiger partial charge is 0.484 e. The van der Waals surface area contributed by atoms with E-state index in [9.17, 15) is 4.79 Å². The zero-order chi connectivity index (χ0) is 17.0. The van der Waals surface area contributed by atoms with Gasteiger partial charge in [-0.2, -0.15) is 0 Å². The number of rotatable bonds is 4. The Labute approximate surface area is 138 Å². The summed E-state index contributed by atoms with van der Waals surface area (Å²) in [6, 6.07) is 13.9. The Kier molecular flexibility index (Phi) is 5.09. The van der Waals surface area contributed by atoms with Crippen molar-refractivity contribution in [3.8, 4) is 5.75 Å². The first-order valence-electron chi connectivity index (χ1n) is 7.86. The van der Waals surface area contributed by atoms with Crippen LogP contribution >= 0.6 is 0 Å². The van der Waals surface area contributed by atoms with Crippen molar-refractivity contribution in [1.82, 2.24) is 0 Å². The van der Waals surface area contributed by atoms with Crippen molar-refractivity contribution in [2.24, 2.45) is 0 Å². The molecule has 122 valence electrons. The summed E-state index contributed by atoms with van der Waals surface area (Å²) in [6.45, 7) is 10.5. The van der Waals surface area contributed by atoms with Crippen molar-refractivity contribution >= 4 is 11.6 Å². The third kappa shape index (κ3) is 4.85. The fourth-order valence-electron chi connectivity index (χ4n) is 2.26. The SMILES string of the molecule is Cc1ccc(C)c(NC(=O)COc2ccc(C(C)(C)C)cc2)c1. The third-order valence-corrected chi connectivity index (χ3v) is 3.76. The molecular formula is C20H25NO2. The fraction of sp³-hybridized carbons (Fsp3) is 0.350. The highest BCUT2D eigenvalue weighted by Crippen LogP contribution is 2.24. The lowest BCUT2D eigenvalue weighted by atomic mass is 9.87. The van der Waals surface area contributed by atoms with Gasteiger partial charge in [-0.15, -0.1) is 0 Å². The topological polar surface area (TPSA) is 38.3 Å². The number of ether oxygens (including phenoxy) is 1. The van der Waals surface area contributed by atoms with Crippen molar-refractivity contribution in [2.75, 3.05) is 11.9 Å². The molecule has 2 aromatic carbocycles. The molecule has 0 radical (unpaired) electrons. The number of aryl methyl sites for hydroxylation is 2. The van der Waals surface area contributed by atoms with E-state index < -0.39 is 0 Å². The molecule has 0 bridgehead atoms. The molecule has 0 aliphatic heterocycles. The van der Waals surface area contributed by atoms with Gasteiger partial charge in [0.05, 0.1) is 0 Å². The predicted octanol–water partition coefficient (Wildman–Crippen LogP) is 4.62. The molecule has 0 saturated heterocycles. The molecule has 0 aliphatic carbocycles. The molecule has 3 heteroatoms. The molecule has 0 heterocycles. The molecule has 3 nitrogen and oxygen atoms in total. The summed E-state index contributed by atoms with van der Waals surface area (Å²) in [4.78, 5) is 12.0. The van der Waals surface area contributed by atoms with Crippen LogP contribution in [-0.2, 0) is 10.2 Å². The molecule has 2 rings (SSSR count). The summed E-state index contributed by atoms with van der Waals surface area (Å²) in [6.07, 6.45) is 0. The molecule has 0 spiro atoms. The van der Waals surface area contributed by atoms with Crippen LogP contribution in [0.3, 0.4) is 0 Å². The van der Waals surface area contributed by atoms with Crippen molar-refractivity contribution in [3.63, 3.8) is 0 Å². The average molecular weight is 311 g/mol. The minimum atomic E-state index is -0.154. The van der Waals surface area contributed by atoms with Gasteiger partial charge in [-0.25, -0.2) is 0 Å². The lowest BCUT2D eigenvalue weighted by Gasteiger charge is -2.19. The summed E-state index contributed by atoms with van der Waals surface area (Å²) >= 11 is 0. The van der Waals surface area contributed by atoms with Crippen molar-refractivity contribution < 1.29 is 9.53 Å². The van der Waals surface area contributed by atoms with E-state index in [4.69, 9.17) is 4.74 Å². The molecule has 1 N–H and O–H groups in total. The molecule has 0 atom stereocenters. The number of hydrogen-bond acceptors (Lipinski definition) is 2. The summed E-state index contributed by atoms with van der Waals surface area (Å²) in [5.74, 6) is 0.549. The van der Waals surface area contributed by atoms with Crippen molar-refractivity contribution in [1.29, 1.82) is 0 Å². The molecule has 23 heavy (non-hydrogen) atoms. The number of amides is 1. The molecular weight excluding hydrogens is 286 g/mol. The minimum Gasteiger partial charge on any atom is -0.484 e.